The number of ether oxygens (including phenoxy) is 1. The van der Waals surface area contributed by atoms with Crippen LogP contribution >= 0.6 is 0 Å². The molecule has 7 heteroatoms. The Kier molecular flexibility index (Phi) is 6.26. The molecule has 0 bridgehead atoms. The van der Waals surface area contributed by atoms with E-state index >= 15 is 0 Å². The van der Waals surface area contributed by atoms with Gasteiger partial charge < -0.3 is 30.0 Å². The summed E-state index contributed by atoms with van der Waals surface area (Å²) in [6.07, 6.45) is -7.28. The van der Waals surface area contributed by atoms with Crippen LogP contribution in [0.3, 0.4) is 0 Å². The zero-order chi connectivity index (χ0) is 15.1. The molecular weight excluding hydrogens is 268 g/mol. The van der Waals surface area contributed by atoms with Crippen molar-refractivity contribution in [3.63, 3.8) is 0 Å². The van der Waals surface area contributed by atoms with Crippen molar-refractivity contribution in [2.45, 2.75) is 31.0 Å². The third-order valence-electron chi connectivity index (χ3n) is 2.68. The predicted molar refractivity (Wildman–Crippen MR) is 66.7 cm³/mol. The van der Waals surface area contributed by atoms with Gasteiger partial charge in [0.15, 0.2) is 12.4 Å². The van der Waals surface area contributed by atoms with Gasteiger partial charge in [-0.2, -0.15) is 0 Å². The van der Waals surface area contributed by atoms with E-state index in [4.69, 9.17) is 14.9 Å². The molecule has 0 amide bonds. The Morgan fingerprint density at radius 3 is 2.25 bits per heavy atom. The lowest BCUT2D eigenvalue weighted by molar-refractivity contribution is -0.167. The number of carbonyl (C=O) groups is 2. The summed E-state index contributed by atoms with van der Waals surface area (Å²) < 4.78 is 5.11. The summed E-state index contributed by atoms with van der Waals surface area (Å²) in [5.74, 6) is -1.70. The van der Waals surface area contributed by atoms with Crippen LogP contribution in [0.1, 0.15) is 5.56 Å². The molecule has 0 saturated carbocycles. The van der Waals surface area contributed by atoms with E-state index in [1.807, 2.05) is 0 Å². The minimum absolute atomic E-state index is 0.00278. The average molecular weight is 284 g/mol. The Labute approximate surface area is 115 Å². The number of carboxylic acids is 1. The van der Waals surface area contributed by atoms with E-state index in [-0.39, 0.29) is 12.9 Å². The van der Waals surface area contributed by atoms with Crippen molar-refractivity contribution in [3.05, 3.63) is 35.9 Å². The second-order valence-electron chi connectivity index (χ2n) is 4.16. The second kappa shape index (κ2) is 7.71. The number of carboxylic acid groups (broad SMARTS) is 1. The van der Waals surface area contributed by atoms with Crippen molar-refractivity contribution in [1.82, 2.24) is 0 Å². The third kappa shape index (κ3) is 4.39. The smallest absolute Gasteiger partial charge is 0.335 e. The molecule has 0 unspecified atom stereocenters. The lowest BCUT2D eigenvalue weighted by Crippen LogP contribution is -2.48. The van der Waals surface area contributed by atoms with Gasteiger partial charge in [0.1, 0.15) is 18.3 Å². The number of aldehydes is 1. The average Bonchev–Trinajstić information content (AvgIpc) is 2.47. The van der Waals surface area contributed by atoms with E-state index in [1.165, 1.54) is 0 Å². The largest absolute Gasteiger partial charge is 0.479 e. The molecule has 4 N–H and O–H groups in total. The molecule has 0 radical (unpaired) electrons. The van der Waals surface area contributed by atoms with Gasteiger partial charge in [-0.05, 0) is 5.56 Å². The Morgan fingerprint density at radius 2 is 1.75 bits per heavy atom. The van der Waals surface area contributed by atoms with E-state index in [1.54, 1.807) is 30.3 Å². The van der Waals surface area contributed by atoms with Crippen molar-refractivity contribution in [2.75, 3.05) is 0 Å². The van der Waals surface area contributed by atoms with Gasteiger partial charge in [0.05, 0.1) is 6.61 Å². The minimum atomic E-state index is -2.20. The number of benzene rings is 1. The highest BCUT2D eigenvalue weighted by Crippen LogP contribution is 2.10. The summed E-state index contributed by atoms with van der Waals surface area (Å²) in [5.41, 5.74) is 0.736. The molecular formula is C13H16O7. The number of rotatable bonds is 8. The molecule has 0 aliphatic carbocycles. The maximum Gasteiger partial charge on any atom is 0.335 e. The molecule has 1 aromatic carbocycles. The summed E-state index contributed by atoms with van der Waals surface area (Å²) >= 11 is 0. The second-order valence-corrected chi connectivity index (χ2v) is 4.16. The highest BCUT2D eigenvalue weighted by atomic mass is 16.5. The Balaban J connectivity index is 2.61. The standard InChI is InChI=1S/C13H16O7/c14-6-9(10(15)11(16)12(17)13(18)19)20-7-8-4-2-1-3-5-8/h1-6,9-12,15-17H,7H2,(H,18,19)/t9-,10+,11-,12-/m0/s1. The van der Waals surface area contributed by atoms with Gasteiger partial charge in [0.2, 0.25) is 0 Å². The highest BCUT2D eigenvalue weighted by molar-refractivity contribution is 5.73. The van der Waals surface area contributed by atoms with Gasteiger partial charge in [0.25, 0.3) is 0 Å². The first-order valence-electron chi connectivity index (χ1n) is 5.85. The SMILES string of the molecule is O=C[C@H](OCc1ccccc1)[C@@H](O)[C@H](O)[C@H](O)C(=O)O. The molecule has 0 aliphatic rings. The number of hydrogen-bond acceptors (Lipinski definition) is 6. The number of aliphatic carboxylic acids is 1. The Bertz CT molecular complexity index is 434. The van der Waals surface area contributed by atoms with Gasteiger partial charge in [-0.3, -0.25) is 0 Å². The van der Waals surface area contributed by atoms with Gasteiger partial charge >= 0.3 is 5.97 Å². The summed E-state index contributed by atoms with van der Waals surface area (Å²) in [6, 6.07) is 8.78. The predicted octanol–water partition coefficient (Wildman–Crippen LogP) is -1.06. The van der Waals surface area contributed by atoms with E-state index in [0.29, 0.717) is 0 Å². The number of hydrogen-bond donors (Lipinski definition) is 4. The molecule has 0 heterocycles. The fourth-order valence-corrected chi connectivity index (χ4v) is 1.51. The van der Waals surface area contributed by atoms with Crippen molar-refractivity contribution in [3.8, 4) is 0 Å². The molecule has 0 fully saturated rings. The van der Waals surface area contributed by atoms with Crippen molar-refractivity contribution in [2.24, 2.45) is 0 Å². The van der Waals surface area contributed by atoms with E-state index in [0.717, 1.165) is 5.56 Å². The van der Waals surface area contributed by atoms with Crippen LogP contribution in [0.4, 0.5) is 0 Å². The summed E-state index contributed by atoms with van der Waals surface area (Å²) in [4.78, 5) is 21.3. The molecule has 4 atom stereocenters. The fourth-order valence-electron chi connectivity index (χ4n) is 1.51. The number of aliphatic hydroxyl groups excluding tert-OH is 3. The first-order chi connectivity index (χ1) is 9.47. The maximum absolute atomic E-state index is 10.8. The van der Waals surface area contributed by atoms with Crippen LogP contribution in [-0.4, -0.2) is 57.1 Å². The normalized spacial score (nSPS) is 16.9. The topological polar surface area (TPSA) is 124 Å². The first kappa shape index (κ1) is 16.3. The van der Waals surface area contributed by atoms with Crippen LogP contribution in [0.15, 0.2) is 30.3 Å². The molecule has 0 spiro atoms. The number of aliphatic hydroxyl groups is 3. The maximum atomic E-state index is 10.8. The molecule has 7 nitrogen and oxygen atoms in total. The van der Waals surface area contributed by atoms with Crippen LogP contribution in [0.5, 0.6) is 0 Å². The molecule has 110 valence electrons. The molecule has 1 rings (SSSR count). The fraction of sp³-hybridized carbons (Fsp3) is 0.385. The van der Waals surface area contributed by atoms with Gasteiger partial charge in [0, 0.05) is 0 Å². The molecule has 0 saturated heterocycles. The van der Waals surface area contributed by atoms with E-state index in [9.17, 15) is 19.8 Å². The van der Waals surface area contributed by atoms with Crippen LogP contribution in [0.2, 0.25) is 0 Å². The van der Waals surface area contributed by atoms with Crippen LogP contribution in [-0.2, 0) is 20.9 Å². The lowest BCUT2D eigenvalue weighted by atomic mass is 10.0. The van der Waals surface area contributed by atoms with E-state index < -0.39 is 30.4 Å². The summed E-state index contributed by atoms with van der Waals surface area (Å²) in [7, 11) is 0. The van der Waals surface area contributed by atoms with Crippen molar-refractivity contribution < 1.29 is 34.8 Å². The van der Waals surface area contributed by atoms with Crippen LogP contribution in [0, 0.1) is 0 Å². The van der Waals surface area contributed by atoms with Gasteiger partial charge in [-0.1, -0.05) is 30.3 Å². The molecule has 0 aliphatic heterocycles. The van der Waals surface area contributed by atoms with Gasteiger partial charge in [-0.15, -0.1) is 0 Å². The van der Waals surface area contributed by atoms with Crippen LogP contribution in [0.25, 0.3) is 0 Å². The first-order valence-corrected chi connectivity index (χ1v) is 5.85. The Morgan fingerprint density at radius 1 is 1.15 bits per heavy atom. The molecule has 1 aromatic rings. The van der Waals surface area contributed by atoms with Crippen molar-refractivity contribution in [1.29, 1.82) is 0 Å². The zero-order valence-electron chi connectivity index (χ0n) is 10.5. The number of carbonyl (C=O) groups excluding carboxylic acids is 1. The van der Waals surface area contributed by atoms with Crippen molar-refractivity contribution >= 4 is 12.3 Å². The van der Waals surface area contributed by atoms with Gasteiger partial charge in [-0.25, -0.2) is 4.79 Å². The summed E-state index contributed by atoms with van der Waals surface area (Å²) in [6.45, 7) is -0.00278. The summed E-state index contributed by atoms with van der Waals surface area (Å²) in [5, 5.41) is 36.7. The Hall–Kier alpha value is -1.80. The van der Waals surface area contributed by atoms with E-state index in [2.05, 4.69) is 0 Å². The third-order valence-corrected chi connectivity index (χ3v) is 2.68. The lowest BCUT2D eigenvalue weighted by Gasteiger charge is -2.24. The minimum Gasteiger partial charge on any atom is -0.479 e. The monoisotopic (exact) mass is 284 g/mol. The molecule has 0 aromatic heterocycles. The van der Waals surface area contributed by atoms with Crippen LogP contribution < -0.4 is 0 Å². The molecule has 20 heavy (non-hydrogen) atoms. The highest BCUT2D eigenvalue weighted by Gasteiger charge is 2.35. The quantitative estimate of drug-likeness (QED) is 0.448. The zero-order valence-corrected chi connectivity index (χ0v) is 10.5.